The summed E-state index contributed by atoms with van der Waals surface area (Å²) in [5.41, 5.74) is 0.108. The van der Waals surface area contributed by atoms with Crippen molar-refractivity contribution in [1.82, 2.24) is 10.2 Å². The summed E-state index contributed by atoms with van der Waals surface area (Å²) in [5, 5.41) is 3.91. The Morgan fingerprint density at radius 3 is 2.35 bits per heavy atom. The lowest BCUT2D eigenvalue weighted by Gasteiger charge is -2.40. The van der Waals surface area contributed by atoms with E-state index < -0.39 is 5.60 Å². The number of amides is 1. The molecule has 4 unspecified atom stereocenters. The van der Waals surface area contributed by atoms with Crippen molar-refractivity contribution >= 4 is 6.09 Å². The molecule has 2 aliphatic carbocycles. The number of hydrogen-bond donors (Lipinski definition) is 1. The lowest BCUT2D eigenvalue weighted by Crippen LogP contribution is -2.45. The molecule has 4 heteroatoms. The summed E-state index contributed by atoms with van der Waals surface area (Å²) in [4.78, 5) is 14.0. The average Bonchev–Trinajstić information content (AvgIpc) is 2.81. The summed E-state index contributed by atoms with van der Waals surface area (Å²) in [6.45, 7) is 14.7. The lowest BCUT2D eigenvalue weighted by atomic mass is 9.70. The van der Waals surface area contributed by atoms with E-state index in [0.717, 1.165) is 19.0 Å². The zero-order valence-electron chi connectivity index (χ0n) is 15.7. The zero-order valence-corrected chi connectivity index (χ0v) is 15.7. The number of ether oxygens (including phenoxy) is 1. The van der Waals surface area contributed by atoms with Crippen LogP contribution in [0.25, 0.3) is 0 Å². The average molecular weight is 322 g/mol. The van der Waals surface area contributed by atoms with E-state index in [4.69, 9.17) is 4.74 Å². The van der Waals surface area contributed by atoms with Gasteiger partial charge >= 0.3 is 6.09 Å². The molecule has 3 fully saturated rings. The quantitative estimate of drug-likeness (QED) is 0.843. The summed E-state index contributed by atoms with van der Waals surface area (Å²) in [6.07, 6.45) is 3.79. The normalized spacial score (nSPS) is 39.0. The van der Waals surface area contributed by atoms with E-state index in [2.05, 4.69) is 26.1 Å². The molecule has 0 aromatic rings. The molecule has 23 heavy (non-hydrogen) atoms. The molecule has 0 spiro atoms. The van der Waals surface area contributed by atoms with Crippen molar-refractivity contribution in [1.29, 1.82) is 0 Å². The van der Waals surface area contributed by atoms with Crippen LogP contribution in [0.2, 0.25) is 0 Å². The van der Waals surface area contributed by atoms with E-state index in [0.29, 0.717) is 29.3 Å². The Morgan fingerprint density at radius 2 is 1.83 bits per heavy atom. The first-order valence-corrected chi connectivity index (χ1v) is 9.30. The van der Waals surface area contributed by atoms with Gasteiger partial charge in [0.2, 0.25) is 0 Å². The van der Waals surface area contributed by atoms with E-state index in [1.165, 1.54) is 19.3 Å². The van der Waals surface area contributed by atoms with Gasteiger partial charge in [0.05, 0.1) is 0 Å². The third-order valence-electron chi connectivity index (χ3n) is 5.95. The molecule has 132 valence electrons. The Kier molecular flexibility index (Phi) is 4.19. The van der Waals surface area contributed by atoms with Gasteiger partial charge in [-0.1, -0.05) is 20.8 Å². The van der Waals surface area contributed by atoms with Crippen molar-refractivity contribution < 1.29 is 9.53 Å². The van der Waals surface area contributed by atoms with Crippen LogP contribution in [0.3, 0.4) is 0 Å². The summed E-state index contributed by atoms with van der Waals surface area (Å²) in [5.74, 6) is 2.04. The number of rotatable bonds is 2. The Morgan fingerprint density at radius 1 is 1.22 bits per heavy atom. The van der Waals surface area contributed by atoms with Crippen LogP contribution in [0.15, 0.2) is 0 Å². The number of hydrogen-bond acceptors (Lipinski definition) is 3. The van der Waals surface area contributed by atoms with Crippen molar-refractivity contribution in [3.63, 3.8) is 0 Å². The maximum Gasteiger partial charge on any atom is 0.410 e. The molecule has 3 rings (SSSR count). The molecule has 1 aliphatic heterocycles. The van der Waals surface area contributed by atoms with E-state index in [1.54, 1.807) is 0 Å². The van der Waals surface area contributed by atoms with Gasteiger partial charge < -0.3 is 15.0 Å². The topological polar surface area (TPSA) is 41.6 Å². The summed E-state index contributed by atoms with van der Waals surface area (Å²) in [7, 11) is 0. The smallest absolute Gasteiger partial charge is 0.410 e. The second-order valence-electron chi connectivity index (χ2n) is 9.90. The third-order valence-corrected chi connectivity index (χ3v) is 5.95. The lowest BCUT2D eigenvalue weighted by molar-refractivity contribution is 0.0266. The Hall–Kier alpha value is -0.770. The van der Waals surface area contributed by atoms with E-state index in [9.17, 15) is 4.79 Å². The number of nitrogens with zero attached hydrogens (tertiary/aromatic N) is 1. The molecule has 0 radical (unpaired) electrons. The molecule has 1 saturated heterocycles. The number of carbonyl (C=O) groups is 1. The first kappa shape index (κ1) is 17.1. The van der Waals surface area contributed by atoms with Gasteiger partial charge in [-0.3, -0.25) is 0 Å². The number of piperidine rings is 1. The highest BCUT2D eigenvalue weighted by Crippen LogP contribution is 2.47. The summed E-state index contributed by atoms with van der Waals surface area (Å²) >= 11 is 0. The van der Waals surface area contributed by atoms with E-state index >= 15 is 0 Å². The van der Waals surface area contributed by atoms with Gasteiger partial charge in [-0.05, 0) is 63.2 Å². The van der Waals surface area contributed by atoms with Crippen molar-refractivity contribution in [3.8, 4) is 0 Å². The molecule has 4 nitrogen and oxygen atoms in total. The van der Waals surface area contributed by atoms with Crippen molar-refractivity contribution in [2.24, 2.45) is 23.2 Å². The summed E-state index contributed by atoms with van der Waals surface area (Å²) in [6, 6.07) is 1.29. The third kappa shape index (κ3) is 3.84. The van der Waals surface area contributed by atoms with Crippen LogP contribution < -0.4 is 5.32 Å². The van der Waals surface area contributed by atoms with Gasteiger partial charge in [0.25, 0.3) is 0 Å². The van der Waals surface area contributed by atoms with Crippen molar-refractivity contribution in [3.05, 3.63) is 0 Å². The van der Waals surface area contributed by atoms with Crippen LogP contribution in [0.4, 0.5) is 4.79 Å². The van der Waals surface area contributed by atoms with Crippen molar-refractivity contribution in [2.75, 3.05) is 13.1 Å². The van der Waals surface area contributed by atoms with E-state index in [1.807, 2.05) is 25.7 Å². The predicted octanol–water partition coefficient (Wildman–Crippen LogP) is 3.66. The number of nitrogens with one attached hydrogen (secondary N) is 1. The van der Waals surface area contributed by atoms with Gasteiger partial charge in [-0.25, -0.2) is 4.79 Å². The summed E-state index contributed by atoms with van der Waals surface area (Å²) < 4.78 is 5.48. The highest BCUT2D eigenvalue weighted by molar-refractivity contribution is 5.69. The molecular formula is C19H34N2O2. The molecule has 0 aromatic heterocycles. The first-order chi connectivity index (χ1) is 10.6. The molecule has 3 aliphatic rings. The largest absolute Gasteiger partial charge is 0.444 e. The molecular weight excluding hydrogens is 288 g/mol. The highest BCUT2D eigenvalue weighted by atomic mass is 16.6. The fraction of sp³-hybridized carbons (Fsp3) is 0.947. The van der Waals surface area contributed by atoms with Gasteiger partial charge in [-0.15, -0.1) is 0 Å². The fourth-order valence-corrected chi connectivity index (χ4v) is 4.69. The highest BCUT2D eigenvalue weighted by Gasteiger charge is 2.57. The Labute approximate surface area is 141 Å². The number of carbonyl (C=O) groups excluding carboxylic acids is 1. The van der Waals surface area contributed by atoms with Crippen LogP contribution in [0.5, 0.6) is 0 Å². The SMILES string of the molecule is CC1CC(C)(C)CCC1NC1C2CN(C(=O)OC(C)(C)C)CC21. The zero-order chi connectivity index (χ0) is 17.0. The molecule has 0 aromatic carbocycles. The maximum atomic E-state index is 12.1. The van der Waals surface area contributed by atoms with E-state index in [-0.39, 0.29) is 6.09 Å². The Balaban J connectivity index is 1.45. The van der Waals surface area contributed by atoms with Gasteiger partial charge in [0.1, 0.15) is 5.60 Å². The standard InChI is InChI=1S/C19H34N2O2/c1-12-9-19(5,6)8-7-15(12)20-16-13-10-21(11-14(13)16)17(22)23-18(2,3)4/h12-16,20H,7-11H2,1-6H3. The first-order valence-electron chi connectivity index (χ1n) is 9.30. The van der Waals surface area contributed by atoms with Crippen molar-refractivity contribution in [2.45, 2.75) is 78.5 Å². The van der Waals surface area contributed by atoms with Crippen LogP contribution >= 0.6 is 0 Å². The number of likely N-dealkylation sites (tertiary alicyclic amines) is 1. The second-order valence-corrected chi connectivity index (χ2v) is 9.90. The van der Waals surface area contributed by atoms with Gasteiger partial charge in [0.15, 0.2) is 0 Å². The monoisotopic (exact) mass is 322 g/mol. The second kappa shape index (κ2) is 5.65. The molecule has 4 atom stereocenters. The fourth-order valence-electron chi connectivity index (χ4n) is 4.69. The van der Waals surface area contributed by atoms with Crippen LogP contribution in [-0.2, 0) is 4.74 Å². The maximum absolute atomic E-state index is 12.1. The molecule has 1 N–H and O–H groups in total. The van der Waals surface area contributed by atoms with Crippen LogP contribution in [-0.4, -0.2) is 41.8 Å². The Bertz CT molecular complexity index is 456. The molecule has 1 heterocycles. The number of fused-ring (bicyclic) bond motifs is 1. The molecule has 1 amide bonds. The van der Waals surface area contributed by atoms with Gasteiger partial charge in [0, 0.05) is 25.2 Å². The molecule has 0 bridgehead atoms. The molecule has 2 saturated carbocycles. The van der Waals surface area contributed by atoms with Crippen LogP contribution in [0, 0.1) is 23.2 Å². The predicted molar refractivity (Wildman–Crippen MR) is 92.3 cm³/mol. The minimum Gasteiger partial charge on any atom is -0.444 e. The van der Waals surface area contributed by atoms with Crippen LogP contribution in [0.1, 0.15) is 60.8 Å². The van der Waals surface area contributed by atoms with Gasteiger partial charge in [-0.2, -0.15) is 0 Å². The minimum absolute atomic E-state index is 0.142. The minimum atomic E-state index is -0.397.